The Morgan fingerprint density at radius 2 is 1.96 bits per heavy atom. The number of rotatable bonds is 5. The largest absolute Gasteiger partial charge is 0.325 e. The third kappa shape index (κ3) is 4.27. The molecule has 1 N–H and O–H groups in total. The third-order valence-corrected chi connectivity index (χ3v) is 4.90. The number of hydrogen-bond acceptors (Lipinski definition) is 3. The Labute approximate surface area is 155 Å². The molecule has 0 saturated carbocycles. The second-order valence-electron chi connectivity index (χ2n) is 5.61. The maximum Gasteiger partial charge on any atom is 0.325 e. The van der Waals surface area contributed by atoms with E-state index < -0.39 is 0 Å². The van der Waals surface area contributed by atoms with Crippen LogP contribution in [-0.4, -0.2) is 42.7 Å². The van der Waals surface area contributed by atoms with E-state index in [9.17, 15) is 9.59 Å². The summed E-state index contributed by atoms with van der Waals surface area (Å²) in [6.45, 7) is 1.10. The van der Waals surface area contributed by atoms with Gasteiger partial charge in [0.15, 0.2) is 0 Å². The molecule has 3 rings (SSSR count). The molecule has 1 aliphatic heterocycles. The normalized spacial score (nSPS) is 14.1. The van der Waals surface area contributed by atoms with Crippen molar-refractivity contribution in [1.82, 2.24) is 4.90 Å². The molecular formula is C18H18ClN3O2S. The molecule has 1 fully saturated rings. The molecule has 2 aromatic carbocycles. The van der Waals surface area contributed by atoms with Crippen LogP contribution in [-0.2, 0) is 4.79 Å². The SMILES string of the molecule is CSc1cccc(NC(=O)CN2CCN(c3ccc(Cl)cc3)C2=O)c1. The minimum Gasteiger partial charge on any atom is -0.325 e. The number of hydrogen-bond donors (Lipinski definition) is 1. The van der Waals surface area contributed by atoms with Crippen LogP contribution in [0.5, 0.6) is 0 Å². The van der Waals surface area contributed by atoms with Crippen LogP contribution in [0, 0.1) is 0 Å². The number of nitrogens with one attached hydrogen (secondary N) is 1. The van der Waals surface area contributed by atoms with Gasteiger partial charge < -0.3 is 10.2 Å². The van der Waals surface area contributed by atoms with Crippen LogP contribution in [0.15, 0.2) is 53.4 Å². The number of carbonyl (C=O) groups excluding carboxylic acids is 2. The molecule has 0 radical (unpaired) electrons. The van der Waals surface area contributed by atoms with Gasteiger partial charge in [-0.15, -0.1) is 11.8 Å². The lowest BCUT2D eigenvalue weighted by Gasteiger charge is -2.18. The second-order valence-corrected chi connectivity index (χ2v) is 6.93. The fraction of sp³-hybridized carbons (Fsp3) is 0.222. The number of thioether (sulfide) groups is 1. The lowest BCUT2D eigenvalue weighted by atomic mass is 10.3. The van der Waals surface area contributed by atoms with Gasteiger partial charge in [-0.3, -0.25) is 9.69 Å². The van der Waals surface area contributed by atoms with Crippen LogP contribution in [0.25, 0.3) is 0 Å². The quantitative estimate of drug-likeness (QED) is 0.805. The highest BCUT2D eigenvalue weighted by atomic mass is 35.5. The number of halogens is 1. The van der Waals surface area contributed by atoms with Gasteiger partial charge in [0.05, 0.1) is 0 Å². The topological polar surface area (TPSA) is 52.7 Å². The van der Waals surface area contributed by atoms with E-state index in [4.69, 9.17) is 11.6 Å². The summed E-state index contributed by atoms with van der Waals surface area (Å²) in [7, 11) is 0. The average molecular weight is 376 g/mol. The van der Waals surface area contributed by atoms with Gasteiger partial charge in [0.25, 0.3) is 0 Å². The first kappa shape index (κ1) is 17.6. The number of carbonyl (C=O) groups is 2. The highest BCUT2D eigenvalue weighted by Gasteiger charge is 2.30. The maximum absolute atomic E-state index is 12.5. The molecular weight excluding hydrogens is 358 g/mol. The number of amides is 3. The Kier molecular flexibility index (Phi) is 5.50. The molecule has 25 heavy (non-hydrogen) atoms. The van der Waals surface area contributed by atoms with Crippen LogP contribution < -0.4 is 10.2 Å². The molecule has 1 aliphatic rings. The molecule has 7 heteroatoms. The van der Waals surface area contributed by atoms with Gasteiger partial charge in [-0.25, -0.2) is 4.79 Å². The van der Waals surface area contributed by atoms with Crippen molar-refractivity contribution in [3.05, 3.63) is 53.6 Å². The summed E-state index contributed by atoms with van der Waals surface area (Å²) >= 11 is 7.49. The summed E-state index contributed by atoms with van der Waals surface area (Å²) in [6.07, 6.45) is 1.98. The maximum atomic E-state index is 12.5. The zero-order valence-corrected chi connectivity index (χ0v) is 15.3. The van der Waals surface area contributed by atoms with Crippen LogP contribution in [0.4, 0.5) is 16.2 Å². The van der Waals surface area contributed by atoms with E-state index in [0.29, 0.717) is 18.1 Å². The van der Waals surface area contributed by atoms with E-state index in [1.54, 1.807) is 45.8 Å². The monoisotopic (exact) mass is 375 g/mol. The lowest BCUT2D eigenvalue weighted by molar-refractivity contribution is -0.116. The van der Waals surface area contributed by atoms with Crippen molar-refractivity contribution in [2.24, 2.45) is 0 Å². The molecule has 130 valence electrons. The Hall–Kier alpha value is -2.18. The summed E-state index contributed by atoms with van der Waals surface area (Å²) in [4.78, 5) is 29.0. The summed E-state index contributed by atoms with van der Waals surface area (Å²) in [5.41, 5.74) is 1.52. The molecule has 3 amide bonds. The standard InChI is InChI=1S/C18H18ClN3O2S/c1-25-16-4-2-3-14(11-16)20-17(23)12-21-9-10-22(18(21)24)15-7-5-13(19)6-8-15/h2-8,11H,9-10,12H2,1H3,(H,20,23). The predicted octanol–water partition coefficient (Wildman–Crippen LogP) is 3.94. The minimum atomic E-state index is -0.204. The predicted molar refractivity (Wildman–Crippen MR) is 103 cm³/mol. The fourth-order valence-electron chi connectivity index (χ4n) is 2.66. The first-order valence-corrected chi connectivity index (χ1v) is 9.43. The van der Waals surface area contributed by atoms with Crippen LogP contribution in [0.3, 0.4) is 0 Å². The lowest BCUT2D eigenvalue weighted by Crippen LogP contribution is -2.37. The van der Waals surface area contributed by atoms with E-state index >= 15 is 0 Å². The average Bonchev–Trinajstić information content (AvgIpc) is 2.96. The van der Waals surface area contributed by atoms with Crippen LogP contribution in [0.2, 0.25) is 5.02 Å². The van der Waals surface area contributed by atoms with Crippen molar-refractivity contribution >= 4 is 46.7 Å². The number of benzene rings is 2. The van der Waals surface area contributed by atoms with Gasteiger partial charge in [0.1, 0.15) is 6.54 Å². The molecule has 1 saturated heterocycles. The third-order valence-electron chi connectivity index (χ3n) is 3.92. The molecule has 0 aromatic heterocycles. The zero-order chi connectivity index (χ0) is 17.8. The number of urea groups is 1. The number of nitrogens with zero attached hydrogens (tertiary/aromatic N) is 2. The van der Waals surface area contributed by atoms with Crippen molar-refractivity contribution in [1.29, 1.82) is 0 Å². The Morgan fingerprint density at radius 3 is 2.68 bits per heavy atom. The van der Waals surface area contributed by atoms with E-state index in [1.165, 1.54) is 0 Å². The molecule has 2 aromatic rings. The molecule has 0 bridgehead atoms. The van der Waals surface area contributed by atoms with Gasteiger partial charge in [-0.1, -0.05) is 17.7 Å². The Morgan fingerprint density at radius 1 is 1.20 bits per heavy atom. The molecule has 1 heterocycles. The van der Waals surface area contributed by atoms with E-state index in [-0.39, 0.29) is 18.5 Å². The molecule has 0 aliphatic carbocycles. The van der Waals surface area contributed by atoms with E-state index in [2.05, 4.69) is 5.32 Å². The summed E-state index contributed by atoms with van der Waals surface area (Å²) in [6, 6.07) is 14.6. The van der Waals surface area contributed by atoms with Crippen LogP contribution in [0.1, 0.15) is 0 Å². The highest BCUT2D eigenvalue weighted by Crippen LogP contribution is 2.23. The van der Waals surface area contributed by atoms with Gasteiger partial charge >= 0.3 is 6.03 Å². The Bertz CT molecular complexity index is 782. The van der Waals surface area contributed by atoms with Crippen molar-refractivity contribution < 1.29 is 9.59 Å². The smallest absolute Gasteiger partial charge is 0.325 e. The molecule has 0 atom stereocenters. The first-order valence-electron chi connectivity index (χ1n) is 7.83. The summed E-state index contributed by atoms with van der Waals surface area (Å²) in [5, 5.41) is 3.47. The molecule has 5 nitrogen and oxygen atoms in total. The Balaban J connectivity index is 1.60. The first-order chi connectivity index (χ1) is 12.1. The second kappa shape index (κ2) is 7.80. The summed E-state index contributed by atoms with van der Waals surface area (Å²) in [5.74, 6) is -0.204. The zero-order valence-electron chi connectivity index (χ0n) is 13.7. The van der Waals surface area contributed by atoms with Gasteiger partial charge in [-0.2, -0.15) is 0 Å². The van der Waals surface area contributed by atoms with Crippen LogP contribution >= 0.6 is 23.4 Å². The van der Waals surface area contributed by atoms with Crippen molar-refractivity contribution in [3.63, 3.8) is 0 Å². The van der Waals surface area contributed by atoms with Gasteiger partial charge in [0.2, 0.25) is 5.91 Å². The van der Waals surface area contributed by atoms with Gasteiger partial charge in [-0.05, 0) is 48.7 Å². The van der Waals surface area contributed by atoms with Crippen molar-refractivity contribution in [2.75, 3.05) is 36.1 Å². The minimum absolute atomic E-state index is 0.0341. The highest BCUT2D eigenvalue weighted by molar-refractivity contribution is 7.98. The van der Waals surface area contributed by atoms with Crippen molar-refractivity contribution in [2.45, 2.75) is 4.90 Å². The molecule has 0 unspecified atom stereocenters. The van der Waals surface area contributed by atoms with Crippen molar-refractivity contribution in [3.8, 4) is 0 Å². The fourth-order valence-corrected chi connectivity index (χ4v) is 3.25. The summed E-state index contributed by atoms with van der Waals surface area (Å²) < 4.78 is 0. The van der Waals surface area contributed by atoms with Gasteiger partial charge in [0, 0.05) is 34.4 Å². The van der Waals surface area contributed by atoms with E-state index in [0.717, 1.165) is 16.3 Å². The molecule has 0 spiro atoms. The number of anilines is 2. The van der Waals surface area contributed by atoms with E-state index in [1.807, 2.05) is 30.5 Å².